The number of benzene rings is 2. The number of carbonyl (C=O) groups excluding carboxylic acids is 1. The van der Waals surface area contributed by atoms with E-state index in [2.05, 4.69) is 58.8 Å². The van der Waals surface area contributed by atoms with E-state index in [1.807, 2.05) is 39.1 Å². The second kappa shape index (κ2) is 7.94. The highest BCUT2D eigenvalue weighted by Gasteiger charge is 2.27. The summed E-state index contributed by atoms with van der Waals surface area (Å²) in [7, 11) is 0. The van der Waals surface area contributed by atoms with Crippen molar-refractivity contribution in [3.63, 3.8) is 0 Å². The fourth-order valence-corrected chi connectivity index (χ4v) is 4.35. The zero-order valence-electron chi connectivity index (χ0n) is 19.4. The van der Waals surface area contributed by atoms with Crippen LogP contribution in [0.5, 0.6) is 0 Å². The molecular weight excluding hydrogens is 412 g/mol. The normalized spacial score (nSPS) is 16.9. The van der Waals surface area contributed by atoms with Crippen molar-refractivity contribution in [2.75, 3.05) is 5.32 Å². The number of rotatable bonds is 3. The number of quaternary nitrogens is 1. The Morgan fingerprint density at radius 2 is 1.67 bits per heavy atom. The monoisotopic (exact) mass is 439 g/mol. The van der Waals surface area contributed by atoms with Crippen LogP contribution in [0.25, 0.3) is 11.3 Å². The Hall–Kier alpha value is -3.84. The molecule has 0 saturated heterocycles. The van der Waals surface area contributed by atoms with Crippen LogP contribution >= 0.6 is 0 Å². The van der Waals surface area contributed by atoms with Gasteiger partial charge in [0.2, 0.25) is 5.84 Å². The number of carbonyl (C=O) groups is 1. The molecule has 3 heterocycles. The smallest absolute Gasteiger partial charge is 0.332 e. The lowest BCUT2D eigenvalue weighted by Gasteiger charge is -2.11. The van der Waals surface area contributed by atoms with Gasteiger partial charge in [0.1, 0.15) is 0 Å². The molecule has 166 valence electrons. The molecular formula is C26H27N6O+. The zero-order valence-corrected chi connectivity index (χ0v) is 19.4. The number of amides is 1. The molecule has 7 nitrogen and oxygen atoms in total. The van der Waals surface area contributed by atoms with Crippen molar-refractivity contribution in [3.8, 4) is 11.3 Å². The quantitative estimate of drug-likeness (QED) is 0.545. The molecule has 33 heavy (non-hydrogen) atoms. The number of nitrogens with zero attached hydrogens (tertiary/aromatic N) is 3. The standard InChI is InChI=1S/C26H26N6O/c1-13-6-7-22(27-12-13)18-8-15(3)19(9-14(18)2)24-30-26(32-31-24)29-23-11-20-17(5)28-25(33)21(20)10-16(23)4/h6-12,17H,1-5H3,(H,28,33)(H2,29,30,31,32)/p+1. The van der Waals surface area contributed by atoms with Gasteiger partial charge in [0.25, 0.3) is 5.91 Å². The Labute approximate surface area is 193 Å². The second-order valence-corrected chi connectivity index (χ2v) is 8.86. The highest BCUT2D eigenvalue weighted by molar-refractivity contribution is 6.10. The lowest BCUT2D eigenvalue weighted by Crippen LogP contribution is -2.82. The van der Waals surface area contributed by atoms with Crippen LogP contribution in [0, 0.1) is 27.7 Å². The summed E-state index contributed by atoms with van der Waals surface area (Å²) in [5, 5.41) is 10.9. The van der Waals surface area contributed by atoms with Crippen LogP contribution in [-0.4, -0.2) is 22.7 Å². The molecule has 1 aromatic heterocycles. The van der Waals surface area contributed by atoms with Crippen molar-refractivity contribution in [2.45, 2.75) is 40.7 Å². The Balaban J connectivity index is 1.41. The first-order valence-corrected chi connectivity index (χ1v) is 11.1. The van der Waals surface area contributed by atoms with Gasteiger partial charge in [-0.15, -0.1) is 0 Å². The third kappa shape index (κ3) is 3.81. The minimum atomic E-state index is -0.0160. The average molecular weight is 440 g/mol. The number of hydrogen-bond acceptors (Lipinski definition) is 5. The Morgan fingerprint density at radius 3 is 2.42 bits per heavy atom. The lowest BCUT2D eigenvalue weighted by atomic mass is 9.97. The van der Waals surface area contributed by atoms with Crippen LogP contribution in [0.2, 0.25) is 0 Å². The molecule has 0 radical (unpaired) electrons. The summed E-state index contributed by atoms with van der Waals surface area (Å²) >= 11 is 0. The van der Waals surface area contributed by atoms with Crippen molar-refractivity contribution < 1.29 is 10.2 Å². The third-order valence-electron chi connectivity index (χ3n) is 6.25. The summed E-state index contributed by atoms with van der Waals surface area (Å²) in [5.74, 6) is 1.35. The first kappa shape index (κ1) is 21.0. The van der Waals surface area contributed by atoms with E-state index in [1.54, 1.807) is 5.43 Å². The molecule has 0 aliphatic carbocycles. The second-order valence-electron chi connectivity index (χ2n) is 8.86. The number of anilines is 1. The molecule has 0 fully saturated rings. The minimum absolute atomic E-state index is 0.00196. The van der Waals surface area contributed by atoms with Crippen LogP contribution < -0.4 is 16.1 Å². The summed E-state index contributed by atoms with van der Waals surface area (Å²) in [6.45, 7) is 10.2. The van der Waals surface area contributed by atoms with E-state index in [0.717, 1.165) is 55.9 Å². The first-order chi connectivity index (χ1) is 15.8. The summed E-state index contributed by atoms with van der Waals surface area (Å²) in [5.41, 5.74) is 11.9. The molecule has 1 amide bonds. The van der Waals surface area contributed by atoms with Crippen LogP contribution in [0.4, 0.5) is 5.69 Å². The van der Waals surface area contributed by atoms with Crippen LogP contribution in [0.15, 0.2) is 52.7 Å². The average Bonchev–Trinajstić information content (AvgIpc) is 3.35. The van der Waals surface area contributed by atoms with Crippen molar-refractivity contribution in [1.82, 2.24) is 10.3 Å². The molecule has 0 spiro atoms. The maximum Gasteiger partial charge on any atom is 0.332 e. The van der Waals surface area contributed by atoms with Crippen molar-refractivity contribution >= 4 is 23.4 Å². The summed E-state index contributed by atoms with van der Waals surface area (Å²) in [6, 6.07) is 12.4. The fourth-order valence-electron chi connectivity index (χ4n) is 4.35. The molecule has 0 bridgehead atoms. The van der Waals surface area contributed by atoms with E-state index in [0.29, 0.717) is 11.8 Å². The Morgan fingerprint density at radius 1 is 0.939 bits per heavy atom. The van der Waals surface area contributed by atoms with Gasteiger partial charge in [-0.25, -0.2) is 0 Å². The van der Waals surface area contributed by atoms with Crippen molar-refractivity contribution in [3.05, 3.63) is 81.5 Å². The number of pyridine rings is 1. The number of aromatic nitrogens is 1. The number of aliphatic imine (C=N–C) groups is 1. The fraction of sp³-hybridized carbons (Fsp3) is 0.231. The maximum absolute atomic E-state index is 12.1. The maximum atomic E-state index is 12.1. The molecule has 2 aliphatic rings. The number of amidine groups is 1. The molecule has 2 aliphatic heterocycles. The van der Waals surface area contributed by atoms with Gasteiger partial charge in [-0.2, -0.15) is 10.4 Å². The van der Waals surface area contributed by atoms with E-state index in [-0.39, 0.29) is 11.9 Å². The zero-order chi connectivity index (χ0) is 23.3. The van der Waals surface area contributed by atoms with Gasteiger partial charge in [0.15, 0.2) is 0 Å². The highest BCUT2D eigenvalue weighted by Crippen LogP contribution is 2.30. The van der Waals surface area contributed by atoms with Gasteiger partial charge in [-0.05, 0) is 92.8 Å². The third-order valence-corrected chi connectivity index (χ3v) is 6.25. The number of aryl methyl sites for hydroxylation is 4. The van der Waals surface area contributed by atoms with Crippen molar-refractivity contribution in [2.24, 2.45) is 10.1 Å². The number of nitrogens with two attached hydrogens (primary N) is 1. The van der Waals surface area contributed by atoms with E-state index >= 15 is 0 Å². The van der Waals surface area contributed by atoms with Gasteiger partial charge in [-0.1, -0.05) is 11.2 Å². The molecule has 2 aromatic carbocycles. The largest absolute Gasteiger partial charge is 0.345 e. The lowest BCUT2D eigenvalue weighted by molar-refractivity contribution is -0.541. The number of nitrogens with one attached hydrogen (secondary N) is 2. The Bertz CT molecular complexity index is 1350. The van der Waals surface area contributed by atoms with Gasteiger partial charge >= 0.3 is 5.96 Å². The first-order valence-electron chi connectivity index (χ1n) is 11.1. The molecule has 4 N–H and O–H groups in total. The van der Waals surface area contributed by atoms with Gasteiger partial charge < -0.3 is 5.32 Å². The van der Waals surface area contributed by atoms with Crippen LogP contribution in [0.1, 0.15) is 56.7 Å². The van der Waals surface area contributed by atoms with Gasteiger partial charge in [0, 0.05) is 28.6 Å². The molecule has 0 saturated carbocycles. The van der Waals surface area contributed by atoms with Crippen molar-refractivity contribution in [1.29, 1.82) is 0 Å². The molecule has 7 heteroatoms. The predicted octanol–water partition coefficient (Wildman–Crippen LogP) is 3.49. The highest BCUT2D eigenvalue weighted by atomic mass is 16.2. The molecule has 5 rings (SSSR count). The van der Waals surface area contributed by atoms with E-state index in [9.17, 15) is 4.79 Å². The van der Waals surface area contributed by atoms with E-state index in [4.69, 9.17) is 4.99 Å². The Kier molecular flexibility index (Phi) is 5.06. The summed E-state index contributed by atoms with van der Waals surface area (Å²) in [4.78, 5) is 21.4. The van der Waals surface area contributed by atoms with E-state index < -0.39 is 0 Å². The van der Waals surface area contributed by atoms with Crippen LogP contribution in [0.3, 0.4) is 0 Å². The topological polar surface area (TPSA) is 95.3 Å². The molecule has 1 unspecified atom stereocenters. The SMILES string of the molecule is Cc1ccc(-c2cc(C)c(C3=N[NH2+]C(Nc4cc5c(cc4C)C(=O)NC5C)=N3)cc2C)nc1. The summed E-state index contributed by atoms with van der Waals surface area (Å²) in [6.07, 6.45) is 1.89. The van der Waals surface area contributed by atoms with Gasteiger partial charge in [0.05, 0.1) is 11.7 Å². The van der Waals surface area contributed by atoms with E-state index in [1.165, 1.54) is 0 Å². The minimum Gasteiger partial charge on any atom is -0.345 e. The molecule has 3 aromatic rings. The molecule has 1 atom stereocenters. The number of fused-ring (bicyclic) bond motifs is 1. The summed E-state index contributed by atoms with van der Waals surface area (Å²) < 4.78 is 0. The number of guanidine groups is 1. The van der Waals surface area contributed by atoms with Gasteiger partial charge in [-0.3, -0.25) is 15.1 Å². The van der Waals surface area contributed by atoms with Crippen LogP contribution in [-0.2, 0) is 0 Å². The predicted molar refractivity (Wildman–Crippen MR) is 130 cm³/mol. The number of hydrogen-bond donors (Lipinski definition) is 3.